The summed E-state index contributed by atoms with van der Waals surface area (Å²) >= 11 is 3.35. The lowest BCUT2D eigenvalue weighted by molar-refractivity contribution is -0.206. The Kier molecular flexibility index (Phi) is 6.87. The van der Waals surface area contributed by atoms with Crippen LogP contribution < -0.4 is 0 Å². The molecule has 0 amide bonds. The molecule has 2 rings (SSSR count). The predicted octanol–water partition coefficient (Wildman–Crippen LogP) is 6.66. The quantitative estimate of drug-likeness (QED) is 0.372. The van der Waals surface area contributed by atoms with Gasteiger partial charge in [0.1, 0.15) is 0 Å². The Labute approximate surface area is 153 Å². The van der Waals surface area contributed by atoms with Crippen molar-refractivity contribution >= 4 is 32.7 Å². The van der Waals surface area contributed by atoms with Crippen LogP contribution in [0.5, 0.6) is 0 Å². The van der Waals surface area contributed by atoms with Crippen LogP contribution in [0.2, 0.25) is 0 Å². The molecule has 6 heteroatoms. The van der Waals surface area contributed by atoms with Gasteiger partial charge in [-0.1, -0.05) is 54.2 Å². The molecule has 0 aliphatic rings. The fourth-order valence-corrected chi connectivity index (χ4v) is 2.97. The van der Waals surface area contributed by atoms with Gasteiger partial charge in [0.05, 0.1) is 5.56 Å². The average Bonchev–Trinajstić information content (AvgIpc) is 2.56. The van der Waals surface area contributed by atoms with E-state index in [9.17, 15) is 18.0 Å². The molecular formula is C19H20BrF3O2. The average molecular weight is 417 g/mol. The van der Waals surface area contributed by atoms with Crippen LogP contribution >= 0.6 is 15.9 Å². The highest BCUT2D eigenvalue weighted by Crippen LogP contribution is 2.29. The zero-order valence-corrected chi connectivity index (χ0v) is 15.5. The number of hydrogen-bond acceptors (Lipinski definition) is 2. The van der Waals surface area contributed by atoms with Crippen molar-refractivity contribution in [2.45, 2.75) is 51.3 Å². The topological polar surface area (TPSA) is 26.3 Å². The van der Waals surface area contributed by atoms with Crippen molar-refractivity contribution in [3.05, 3.63) is 46.4 Å². The van der Waals surface area contributed by atoms with Crippen LogP contribution in [0.4, 0.5) is 13.2 Å². The van der Waals surface area contributed by atoms with Gasteiger partial charge < -0.3 is 4.74 Å². The zero-order valence-electron chi connectivity index (χ0n) is 13.9. The number of benzene rings is 2. The van der Waals surface area contributed by atoms with Gasteiger partial charge in [-0.3, -0.25) is 0 Å². The van der Waals surface area contributed by atoms with E-state index >= 15 is 0 Å². The Morgan fingerprint density at radius 3 is 2.44 bits per heavy atom. The Morgan fingerprint density at radius 2 is 1.76 bits per heavy atom. The van der Waals surface area contributed by atoms with Gasteiger partial charge in [-0.05, 0) is 47.9 Å². The molecule has 0 heterocycles. The van der Waals surface area contributed by atoms with E-state index in [0.717, 1.165) is 28.1 Å². The molecule has 0 N–H and O–H groups in total. The number of ether oxygens (including phenoxy) is 1. The van der Waals surface area contributed by atoms with E-state index < -0.39 is 18.2 Å². The first kappa shape index (κ1) is 19.8. The number of esters is 1. The second kappa shape index (κ2) is 8.70. The molecule has 136 valence electrons. The van der Waals surface area contributed by atoms with E-state index in [2.05, 4.69) is 15.9 Å². The lowest BCUT2D eigenvalue weighted by Gasteiger charge is -2.20. The maximum absolute atomic E-state index is 13.1. The summed E-state index contributed by atoms with van der Waals surface area (Å²) in [6, 6.07) is 10.2. The molecule has 0 saturated carbocycles. The molecule has 0 unspecified atom stereocenters. The number of hydrogen-bond donors (Lipinski definition) is 0. The molecule has 25 heavy (non-hydrogen) atoms. The van der Waals surface area contributed by atoms with Crippen molar-refractivity contribution in [3.8, 4) is 0 Å². The molecule has 0 bridgehead atoms. The predicted molar refractivity (Wildman–Crippen MR) is 95.7 cm³/mol. The van der Waals surface area contributed by atoms with Crippen LogP contribution in [0.15, 0.2) is 40.9 Å². The monoisotopic (exact) mass is 416 g/mol. The molecule has 2 aromatic rings. The van der Waals surface area contributed by atoms with Crippen molar-refractivity contribution in [3.63, 3.8) is 0 Å². The SMILES string of the molecule is CCCCCC[C@@H](OC(=O)c1ccc2cc(Br)ccc2c1)C(F)(F)F. The number of halogens is 4. The maximum atomic E-state index is 13.1. The van der Waals surface area contributed by atoms with E-state index in [1.165, 1.54) is 6.07 Å². The molecule has 0 saturated heterocycles. The first-order valence-corrected chi connectivity index (χ1v) is 9.07. The van der Waals surface area contributed by atoms with Gasteiger partial charge in [-0.2, -0.15) is 13.2 Å². The van der Waals surface area contributed by atoms with Crippen LogP contribution in [0, 0.1) is 0 Å². The Bertz CT molecular complexity index is 728. The molecule has 0 aliphatic heterocycles. The molecule has 0 spiro atoms. The molecule has 0 fully saturated rings. The third-order valence-corrected chi connectivity index (χ3v) is 4.47. The molecule has 0 aromatic heterocycles. The standard InChI is InChI=1S/C19H20BrF3O2/c1-2-3-4-5-6-17(19(21,22)23)25-18(24)15-8-7-14-12-16(20)10-9-13(14)11-15/h7-12,17H,2-6H2,1H3/t17-/m1/s1. The number of unbranched alkanes of at least 4 members (excludes halogenated alkanes) is 3. The van der Waals surface area contributed by atoms with Crippen LogP contribution in [-0.4, -0.2) is 18.2 Å². The van der Waals surface area contributed by atoms with E-state index in [1.807, 2.05) is 19.1 Å². The first-order valence-electron chi connectivity index (χ1n) is 8.28. The van der Waals surface area contributed by atoms with Gasteiger partial charge in [0.25, 0.3) is 0 Å². The second-order valence-corrected chi connectivity index (χ2v) is 6.91. The van der Waals surface area contributed by atoms with Gasteiger partial charge in [-0.25, -0.2) is 4.79 Å². The highest BCUT2D eigenvalue weighted by molar-refractivity contribution is 9.10. The maximum Gasteiger partial charge on any atom is 0.425 e. The first-order chi connectivity index (χ1) is 11.8. The summed E-state index contributed by atoms with van der Waals surface area (Å²) in [5.41, 5.74) is 0.123. The van der Waals surface area contributed by atoms with E-state index in [-0.39, 0.29) is 12.0 Å². The highest BCUT2D eigenvalue weighted by atomic mass is 79.9. The molecular weight excluding hydrogens is 397 g/mol. The Balaban J connectivity index is 2.10. The van der Waals surface area contributed by atoms with Gasteiger partial charge in [0, 0.05) is 4.47 Å². The minimum atomic E-state index is -4.55. The van der Waals surface area contributed by atoms with Gasteiger partial charge in [0.2, 0.25) is 0 Å². The summed E-state index contributed by atoms with van der Waals surface area (Å²) in [5.74, 6) is -0.942. The minimum Gasteiger partial charge on any atom is -0.449 e. The summed E-state index contributed by atoms with van der Waals surface area (Å²) in [4.78, 5) is 12.2. The van der Waals surface area contributed by atoms with Crippen LogP contribution in [0.3, 0.4) is 0 Å². The number of rotatable bonds is 7. The van der Waals surface area contributed by atoms with Crippen molar-refractivity contribution in [2.75, 3.05) is 0 Å². The lowest BCUT2D eigenvalue weighted by Crippen LogP contribution is -2.33. The third-order valence-electron chi connectivity index (χ3n) is 3.97. The van der Waals surface area contributed by atoms with E-state index in [4.69, 9.17) is 4.74 Å². The Hall–Kier alpha value is -1.56. The zero-order chi connectivity index (χ0) is 18.4. The number of carbonyl (C=O) groups excluding carboxylic acids is 1. The largest absolute Gasteiger partial charge is 0.449 e. The van der Waals surface area contributed by atoms with Crippen molar-refractivity contribution in [1.82, 2.24) is 0 Å². The summed E-state index contributed by atoms with van der Waals surface area (Å²) in [6.45, 7) is 1.99. The third kappa shape index (κ3) is 5.73. The van der Waals surface area contributed by atoms with Gasteiger partial charge in [-0.15, -0.1) is 0 Å². The van der Waals surface area contributed by atoms with Crippen molar-refractivity contribution < 1.29 is 22.7 Å². The van der Waals surface area contributed by atoms with Crippen LogP contribution in [0.25, 0.3) is 10.8 Å². The fourth-order valence-electron chi connectivity index (χ4n) is 2.59. The number of carbonyl (C=O) groups is 1. The summed E-state index contributed by atoms with van der Waals surface area (Å²) in [5, 5.41) is 1.65. The van der Waals surface area contributed by atoms with Crippen LogP contribution in [-0.2, 0) is 4.74 Å². The molecule has 0 radical (unpaired) electrons. The molecule has 0 aliphatic carbocycles. The summed E-state index contributed by atoms with van der Waals surface area (Å²) < 4.78 is 45.0. The smallest absolute Gasteiger partial charge is 0.425 e. The normalized spacial score (nSPS) is 13.0. The lowest BCUT2D eigenvalue weighted by atomic mass is 10.1. The van der Waals surface area contributed by atoms with E-state index in [0.29, 0.717) is 12.8 Å². The number of fused-ring (bicyclic) bond motifs is 1. The summed E-state index contributed by atoms with van der Waals surface area (Å²) in [6.07, 6.45) is -3.91. The van der Waals surface area contributed by atoms with Gasteiger partial charge >= 0.3 is 12.1 Å². The fraction of sp³-hybridized carbons (Fsp3) is 0.421. The van der Waals surface area contributed by atoms with Crippen molar-refractivity contribution in [1.29, 1.82) is 0 Å². The van der Waals surface area contributed by atoms with Crippen LogP contribution in [0.1, 0.15) is 49.4 Å². The number of alkyl halides is 3. The second-order valence-electron chi connectivity index (χ2n) is 5.99. The molecule has 2 aromatic carbocycles. The highest BCUT2D eigenvalue weighted by Gasteiger charge is 2.42. The van der Waals surface area contributed by atoms with Gasteiger partial charge in [0.15, 0.2) is 6.10 Å². The molecule has 1 atom stereocenters. The van der Waals surface area contributed by atoms with Crippen molar-refractivity contribution in [2.24, 2.45) is 0 Å². The summed E-state index contributed by atoms with van der Waals surface area (Å²) in [7, 11) is 0. The Morgan fingerprint density at radius 1 is 1.08 bits per heavy atom. The molecule has 2 nitrogen and oxygen atoms in total. The minimum absolute atomic E-state index is 0.123. The van der Waals surface area contributed by atoms with E-state index in [1.54, 1.807) is 18.2 Å².